The molecule has 0 saturated carbocycles. The van der Waals surface area contributed by atoms with Crippen LogP contribution in [0.2, 0.25) is 0 Å². The number of benzene rings is 1. The van der Waals surface area contributed by atoms with Crippen LogP contribution in [-0.4, -0.2) is 63.4 Å². The molecule has 4 rings (SSSR count). The van der Waals surface area contributed by atoms with Gasteiger partial charge in [0, 0.05) is 31.5 Å². The van der Waals surface area contributed by atoms with Gasteiger partial charge >= 0.3 is 0 Å². The van der Waals surface area contributed by atoms with E-state index in [0.717, 1.165) is 63.4 Å². The van der Waals surface area contributed by atoms with Crippen LogP contribution in [0.15, 0.2) is 30.6 Å². The maximum absolute atomic E-state index is 12.8. The van der Waals surface area contributed by atoms with Gasteiger partial charge in [0.1, 0.15) is 6.33 Å². The fourth-order valence-corrected chi connectivity index (χ4v) is 3.85. The molecule has 1 N–H and O–H groups in total. The normalized spacial score (nSPS) is 22.2. The smallest absolute Gasteiger partial charge is 0.228 e. The SMILES string of the molecule is O=C(Nc1cccc(-n2cnnn2)c1)[C@H]1CCCN(C2CCOCC2)C1. The molecule has 8 nitrogen and oxygen atoms in total. The van der Waals surface area contributed by atoms with Crippen molar-refractivity contribution in [3.8, 4) is 5.69 Å². The van der Waals surface area contributed by atoms with Crippen molar-refractivity contribution in [2.24, 2.45) is 5.92 Å². The molecule has 0 radical (unpaired) electrons. The molecule has 138 valence electrons. The van der Waals surface area contributed by atoms with E-state index < -0.39 is 0 Å². The molecule has 1 aromatic heterocycles. The fraction of sp³-hybridized carbons (Fsp3) is 0.556. The number of nitrogens with one attached hydrogen (secondary N) is 1. The van der Waals surface area contributed by atoms with Crippen molar-refractivity contribution in [1.29, 1.82) is 0 Å². The molecule has 2 aromatic rings. The highest BCUT2D eigenvalue weighted by Crippen LogP contribution is 2.24. The zero-order chi connectivity index (χ0) is 17.8. The van der Waals surface area contributed by atoms with Gasteiger partial charge in [0.2, 0.25) is 5.91 Å². The minimum absolute atomic E-state index is 0.0308. The molecule has 3 heterocycles. The quantitative estimate of drug-likeness (QED) is 0.893. The van der Waals surface area contributed by atoms with Crippen molar-refractivity contribution < 1.29 is 9.53 Å². The van der Waals surface area contributed by atoms with E-state index in [0.29, 0.717) is 6.04 Å². The number of hydrogen-bond donors (Lipinski definition) is 1. The Kier molecular flexibility index (Phi) is 5.21. The summed E-state index contributed by atoms with van der Waals surface area (Å²) >= 11 is 0. The molecule has 2 fully saturated rings. The van der Waals surface area contributed by atoms with Crippen LogP contribution >= 0.6 is 0 Å². The molecule has 26 heavy (non-hydrogen) atoms. The average molecular weight is 356 g/mol. The predicted octanol–water partition coefficient (Wildman–Crippen LogP) is 1.49. The Morgan fingerprint density at radius 3 is 2.92 bits per heavy atom. The standard InChI is InChI=1S/C18H24N6O2/c25-18(14-3-2-8-23(12-14)16-6-9-26-10-7-16)20-15-4-1-5-17(11-15)24-13-19-21-22-24/h1,4-5,11,13-14,16H,2-3,6-10,12H2,(H,20,25)/t14-/m0/s1. The molecular formula is C18H24N6O2. The molecule has 0 unspecified atom stereocenters. The third-order valence-corrected chi connectivity index (χ3v) is 5.26. The van der Waals surface area contributed by atoms with Crippen LogP contribution in [0.3, 0.4) is 0 Å². The molecule has 2 saturated heterocycles. The van der Waals surface area contributed by atoms with Crippen LogP contribution in [-0.2, 0) is 9.53 Å². The molecule has 0 aliphatic carbocycles. The number of rotatable bonds is 4. The Morgan fingerprint density at radius 1 is 1.23 bits per heavy atom. The number of ether oxygens (including phenoxy) is 1. The lowest BCUT2D eigenvalue weighted by atomic mass is 9.94. The van der Waals surface area contributed by atoms with Crippen molar-refractivity contribution in [2.45, 2.75) is 31.7 Å². The highest BCUT2D eigenvalue weighted by atomic mass is 16.5. The number of nitrogens with zero attached hydrogens (tertiary/aromatic N) is 5. The summed E-state index contributed by atoms with van der Waals surface area (Å²) in [6, 6.07) is 8.13. The largest absolute Gasteiger partial charge is 0.381 e. The monoisotopic (exact) mass is 356 g/mol. The van der Waals surface area contributed by atoms with Crippen molar-refractivity contribution in [3.63, 3.8) is 0 Å². The fourth-order valence-electron chi connectivity index (χ4n) is 3.85. The number of hydrogen-bond acceptors (Lipinski definition) is 6. The minimum atomic E-state index is 0.0308. The van der Waals surface area contributed by atoms with Crippen molar-refractivity contribution in [2.75, 3.05) is 31.6 Å². The van der Waals surface area contributed by atoms with Crippen molar-refractivity contribution in [3.05, 3.63) is 30.6 Å². The highest BCUT2D eigenvalue weighted by Gasteiger charge is 2.30. The number of piperidine rings is 1. The summed E-state index contributed by atoms with van der Waals surface area (Å²) in [4.78, 5) is 15.3. The number of likely N-dealkylation sites (tertiary alicyclic amines) is 1. The van der Waals surface area contributed by atoms with E-state index in [-0.39, 0.29) is 11.8 Å². The van der Waals surface area contributed by atoms with Crippen LogP contribution in [0.4, 0.5) is 5.69 Å². The first-order valence-corrected chi connectivity index (χ1v) is 9.26. The number of anilines is 1. The first kappa shape index (κ1) is 17.1. The van der Waals surface area contributed by atoms with Gasteiger partial charge in [-0.2, -0.15) is 0 Å². The predicted molar refractivity (Wildman–Crippen MR) is 95.9 cm³/mol. The molecular weight excluding hydrogens is 332 g/mol. The summed E-state index contributed by atoms with van der Waals surface area (Å²) in [5.41, 5.74) is 1.59. The number of tetrazole rings is 1. The van der Waals surface area contributed by atoms with Crippen LogP contribution in [0.1, 0.15) is 25.7 Å². The molecule has 0 bridgehead atoms. The molecule has 2 aliphatic heterocycles. The minimum Gasteiger partial charge on any atom is -0.381 e. The van der Waals surface area contributed by atoms with E-state index in [2.05, 4.69) is 25.7 Å². The van der Waals surface area contributed by atoms with Gasteiger partial charge in [-0.25, -0.2) is 4.68 Å². The first-order valence-electron chi connectivity index (χ1n) is 9.26. The molecule has 8 heteroatoms. The number of carbonyl (C=O) groups excluding carboxylic acids is 1. The third kappa shape index (κ3) is 3.91. The molecule has 1 aromatic carbocycles. The second-order valence-corrected chi connectivity index (χ2v) is 6.97. The van der Waals surface area contributed by atoms with Gasteiger partial charge in [-0.3, -0.25) is 9.69 Å². The maximum Gasteiger partial charge on any atom is 0.228 e. The van der Waals surface area contributed by atoms with Crippen LogP contribution in [0.25, 0.3) is 5.69 Å². The summed E-state index contributed by atoms with van der Waals surface area (Å²) in [5.74, 6) is 0.124. The Balaban J connectivity index is 1.39. The van der Waals surface area contributed by atoms with Gasteiger partial charge in [-0.1, -0.05) is 6.07 Å². The second-order valence-electron chi connectivity index (χ2n) is 6.97. The van der Waals surface area contributed by atoms with E-state index in [1.54, 1.807) is 4.68 Å². The zero-order valence-corrected chi connectivity index (χ0v) is 14.8. The molecule has 1 atom stereocenters. The van der Waals surface area contributed by atoms with Crippen molar-refractivity contribution in [1.82, 2.24) is 25.1 Å². The number of amides is 1. The lowest BCUT2D eigenvalue weighted by Crippen LogP contribution is -2.47. The zero-order valence-electron chi connectivity index (χ0n) is 14.8. The van der Waals surface area contributed by atoms with E-state index in [4.69, 9.17) is 4.74 Å². The van der Waals surface area contributed by atoms with Gasteiger partial charge < -0.3 is 10.1 Å². The average Bonchev–Trinajstić information content (AvgIpc) is 3.24. The van der Waals surface area contributed by atoms with Gasteiger partial charge in [-0.15, -0.1) is 5.10 Å². The van der Waals surface area contributed by atoms with Crippen LogP contribution < -0.4 is 5.32 Å². The summed E-state index contributed by atoms with van der Waals surface area (Å²) in [7, 11) is 0. The summed E-state index contributed by atoms with van der Waals surface area (Å²) < 4.78 is 7.04. The topological polar surface area (TPSA) is 85.2 Å². The van der Waals surface area contributed by atoms with Gasteiger partial charge in [0.25, 0.3) is 0 Å². The van der Waals surface area contributed by atoms with E-state index in [1.807, 2.05) is 24.3 Å². The Bertz CT molecular complexity index is 729. The highest BCUT2D eigenvalue weighted by molar-refractivity contribution is 5.93. The Morgan fingerprint density at radius 2 is 2.12 bits per heavy atom. The summed E-state index contributed by atoms with van der Waals surface area (Å²) in [6.45, 7) is 3.59. The van der Waals surface area contributed by atoms with Crippen LogP contribution in [0, 0.1) is 5.92 Å². The lowest BCUT2D eigenvalue weighted by molar-refractivity contribution is -0.122. The third-order valence-electron chi connectivity index (χ3n) is 5.26. The first-order chi connectivity index (χ1) is 12.8. The summed E-state index contributed by atoms with van der Waals surface area (Å²) in [5, 5.41) is 14.2. The van der Waals surface area contributed by atoms with Crippen LogP contribution in [0.5, 0.6) is 0 Å². The molecule has 0 spiro atoms. The van der Waals surface area contributed by atoms with Gasteiger partial charge in [0.05, 0.1) is 11.6 Å². The maximum atomic E-state index is 12.8. The number of aromatic nitrogens is 4. The Hall–Kier alpha value is -2.32. The van der Waals surface area contributed by atoms with Crippen molar-refractivity contribution >= 4 is 11.6 Å². The van der Waals surface area contributed by atoms with E-state index in [9.17, 15) is 4.79 Å². The van der Waals surface area contributed by atoms with Gasteiger partial charge in [-0.05, 0) is 60.9 Å². The summed E-state index contributed by atoms with van der Waals surface area (Å²) in [6.07, 6.45) is 5.69. The lowest BCUT2D eigenvalue weighted by Gasteiger charge is -2.39. The molecule has 2 aliphatic rings. The van der Waals surface area contributed by atoms with Gasteiger partial charge in [0.15, 0.2) is 0 Å². The second kappa shape index (κ2) is 7.92. The Labute approximate surface area is 152 Å². The van der Waals surface area contributed by atoms with E-state index in [1.165, 1.54) is 6.33 Å². The number of carbonyl (C=O) groups is 1. The van der Waals surface area contributed by atoms with E-state index >= 15 is 0 Å². The molecule has 1 amide bonds.